The number of hydrogen-bond donors (Lipinski definition) is 2. The van der Waals surface area contributed by atoms with E-state index in [9.17, 15) is 4.79 Å². The smallest absolute Gasteiger partial charge is 0.307 e. The third kappa shape index (κ3) is 10.3. The molecule has 0 aliphatic carbocycles. The molecule has 0 aliphatic heterocycles. The standard InChI is InChI=1S/C15H23ClN4O2.HI/c1-11(2)22-14(21)7-9-19-15(17-3)18-8-6-12-4-5-13(16)20-10-12;/h4-5,10-11H,6-9H2,1-3H3,(H2,17,18,19);1H. The topological polar surface area (TPSA) is 75.6 Å². The van der Waals surface area contributed by atoms with Gasteiger partial charge in [0.05, 0.1) is 12.5 Å². The summed E-state index contributed by atoms with van der Waals surface area (Å²) in [6, 6.07) is 3.71. The van der Waals surface area contributed by atoms with Gasteiger partial charge in [-0.25, -0.2) is 4.98 Å². The molecule has 0 amide bonds. The number of guanidine groups is 1. The Morgan fingerprint density at radius 1 is 1.35 bits per heavy atom. The van der Waals surface area contributed by atoms with E-state index in [1.807, 2.05) is 19.9 Å². The Hall–Kier alpha value is -1.09. The van der Waals surface area contributed by atoms with E-state index in [1.54, 1.807) is 19.3 Å². The molecule has 0 spiro atoms. The van der Waals surface area contributed by atoms with Gasteiger partial charge in [-0.05, 0) is 31.9 Å². The zero-order chi connectivity index (χ0) is 16.4. The summed E-state index contributed by atoms with van der Waals surface area (Å²) in [5.41, 5.74) is 1.09. The molecule has 2 N–H and O–H groups in total. The van der Waals surface area contributed by atoms with Gasteiger partial charge in [-0.1, -0.05) is 17.7 Å². The number of rotatable bonds is 7. The van der Waals surface area contributed by atoms with E-state index in [0.29, 0.717) is 30.6 Å². The summed E-state index contributed by atoms with van der Waals surface area (Å²) in [6.45, 7) is 4.85. The van der Waals surface area contributed by atoms with Crippen LogP contribution in [0.3, 0.4) is 0 Å². The summed E-state index contributed by atoms with van der Waals surface area (Å²) in [5, 5.41) is 6.73. The highest BCUT2D eigenvalue weighted by Gasteiger charge is 2.05. The van der Waals surface area contributed by atoms with Crippen LogP contribution >= 0.6 is 35.6 Å². The number of nitrogens with one attached hydrogen (secondary N) is 2. The third-order valence-corrected chi connectivity index (χ3v) is 2.93. The van der Waals surface area contributed by atoms with E-state index in [1.165, 1.54) is 0 Å². The van der Waals surface area contributed by atoms with Crippen LogP contribution in [0.5, 0.6) is 0 Å². The number of nitrogens with zero attached hydrogens (tertiary/aromatic N) is 2. The number of carbonyl (C=O) groups is 1. The molecule has 8 heteroatoms. The van der Waals surface area contributed by atoms with Crippen LogP contribution in [0.1, 0.15) is 25.8 Å². The summed E-state index contributed by atoms with van der Waals surface area (Å²) in [7, 11) is 1.69. The molecule has 1 aromatic heterocycles. The molecule has 0 aliphatic rings. The first-order valence-electron chi connectivity index (χ1n) is 7.25. The molecule has 1 heterocycles. The summed E-state index contributed by atoms with van der Waals surface area (Å²) in [6.07, 6.45) is 2.78. The normalized spacial score (nSPS) is 10.9. The lowest BCUT2D eigenvalue weighted by Crippen LogP contribution is -2.39. The molecule has 0 bridgehead atoms. The van der Waals surface area contributed by atoms with Crippen molar-refractivity contribution in [3.63, 3.8) is 0 Å². The third-order valence-electron chi connectivity index (χ3n) is 2.71. The number of pyridine rings is 1. The molecule has 6 nitrogen and oxygen atoms in total. The van der Waals surface area contributed by atoms with Crippen molar-refractivity contribution in [3.8, 4) is 0 Å². The van der Waals surface area contributed by atoms with Gasteiger partial charge in [0.2, 0.25) is 0 Å². The molecule has 1 rings (SSSR count). The van der Waals surface area contributed by atoms with Crippen molar-refractivity contribution in [2.75, 3.05) is 20.1 Å². The Balaban J connectivity index is 0.00000484. The Labute approximate surface area is 159 Å². The molecular formula is C15H24ClIN4O2. The molecule has 130 valence electrons. The second-order valence-corrected chi connectivity index (χ2v) is 5.34. The van der Waals surface area contributed by atoms with Gasteiger partial charge in [0, 0.05) is 26.3 Å². The Kier molecular flexibility index (Phi) is 11.8. The first-order valence-corrected chi connectivity index (χ1v) is 7.63. The van der Waals surface area contributed by atoms with Crippen molar-refractivity contribution < 1.29 is 9.53 Å². The summed E-state index contributed by atoms with van der Waals surface area (Å²) < 4.78 is 5.06. The average Bonchev–Trinajstić information content (AvgIpc) is 2.47. The number of carbonyl (C=O) groups excluding carboxylic acids is 1. The van der Waals surface area contributed by atoms with Crippen molar-refractivity contribution in [1.82, 2.24) is 15.6 Å². The number of hydrogen-bond acceptors (Lipinski definition) is 4. The van der Waals surface area contributed by atoms with Crippen molar-refractivity contribution in [2.24, 2.45) is 4.99 Å². The van der Waals surface area contributed by atoms with E-state index in [2.05, 4.69) is 20.6 Å². The predicted octanol–water partition coefficient (Wildman–Crippen LogP) is 2.40. The highest BCUT2D eigenvalue weighted by atomic mass is 127. The molecule has 23 heavy (non-hydrogen) atoms. The maximum atomic E-state index is 11.4. The van der Waals surface area contributed by atoms with Gasteiger partial charge in [0.1, 0.15) is 5.15 Å². The zero-order valence-electron chi connectivity index (χ0n) is 13.6. The van der Waals surface area contributed by atoms with Gasteiger partial charge in [-0.2, -0.15) is 0 Å². The van der Waals surface area contributed by atoms with Gasteiger partial charge in [-0.3, -0.25) is 9.79 Å². The van der Waals surface area contributed by atoms with Crippen LogP contribution in [0.2, 0.25) is 5.15 Å². The van der Waals surface area contributed by atoms with Crippen molar-refractivity contribution in [1.29, 1.82) is 0 Å². The van der Waals surface area contributed by atoms with Crippen molar-refractivity contribution in [2.45, 2.75) is 32.8 Å². The molecule has 0 radical (unpaired) electrons. The molecule has 0 saturated heterocycles. The first kappa shape index (κ1) is 21.9. The van der Waals surface area contributed by atoms with E-state index >= 15 is 0 Å². The second-order valence-electron chi connectivity index (χ2n) is 4.95. The number of aromatic nitrogens is 1. The Morgan fingerprint density at radius 2 is 2.04 bits per heavy atom. The maximum absolute atomic E-state index is 11.4. The van der Waals surface area contributed by atoms with Gasteiger partial charge in [0.25, 0.3) is 0 Å². The van der Waals surface area contributed by atoms with Crippen molar-refractivity contribution >= 4 is 47.5 Å². The fourth-order valence-corrected chi connectivity index (χ4v) is 1.82. The number of ether oxygens (including phenoxy) is 1. The minimum Gasteiger partial charge on any atom is -0.463 e. The van der Waals surface area contributed by atoms with E-state index < -0.39 is 0 Å². The lowest BCUT2D eigenvalue weighted by molar-refractivity contribution is -0.147. The largest absolute Gasteiger partial charge is 0.463 e. The zero-order valence-corrected chi connectivity index (χ0v) is 16.7. The SMILES string of the molecule is CN=C(NCCC(=O)OC(C)C)NCCc1ccc(Cl)nc1.I. The van der Waals surface area contributed by atoms with Crippen LogP contribution in [-0.2, 0) is 16.0 Å². The number of esters is 1. The van der Waals surface area contributed by atoms with Crippen LogP contribution in [0.4, 0.5) is 0 Å². The van der Waals surface area contributed by atoms with E-state index in [-0.39, 0.29) is 36.0 Å². The van der Waals surface area contributed by atoms with Gasteiger partial charge < -0.3 is 15.4 Å². The predicted molar refractivity (Wildman–Crippen MR) is 104 cm³/mol. The van der Waals surface area contributed by atoms with E-state index in [0.717, 1.165) is 12.0 Å². The van der Waals surface area contributed by atoms with Crippen molar-refractivity contribution in [3.05, 3.63) is 29.0 Å². The summed E-state index contributed by atoms with van der Waals surface area (Å²) in [4.78, 5) is 19.5. The summed E-state index contributed by atoms with van der Waals surface area (Å²) in [5.74, 6) is 0.435. The monoisotopic (exact) mass is 454 g/mol. The van der Waals surface area contributed by atoms with Gasteiger partial charge in [0.15, 0.2) is 5.96 Å². The number of aliphatic imine (C=N–C) groups is 1. The lowest BCUT2D eigenvalue weighted by atomic mass is 10.2. The fraction of sp³-hybridized carbons (Fsp3) is 0.533. The Bertz CT molecular complexity index is 495. The fourth-order valence-electron chi connectivity index (χ4n) is 1.70. The average molecular weight is 455 g/mol. The highest BCUT2D eigenvalue weighted by molar-refractivity contribution is 14.0. The van der Waals surface area contributed by atoms with Gasteiger partial charge >= 0.3 is 5.97 Å². The van der Waals surface area contributed by atoms with Crippen LogP contribution in [-0.4, -0.2) is 43.2 Å². The summed E-state index contributed by atoms with van der Waals surface area (Å²) >= 11 is 5.74. The van der Waals surface area contributed by atoms with E-state index in [4.69, 9.17) is 16.3 Å². The molecule has 0 unspecified atom stereocenters. The highest BCUT2D eigenvalue weighted by Crippen LogP contribution is 2.05. The number of halogens is 2. The molecular weight excluding hydrogens is 431 g/mol. The minimum absolute atomic E-state index is 0. The van der Waals surface area contributed by atoms with Crippen LogP contribution < -0.4 is 10.6 Å². The molecule has 0 atom stereocenters. The van der Waals surface area contributed by atoms with Crippen LogP contribution in [0, 0.1) is 0 Å². The lowest BCUT2D eigenvalue weighted by Gasteiger charge is -2.12. The molecule has 0 aromatic carbocycles. The molecule has 0 fully saturated rings. The maximum Gasteiger partial charge on any atom is 0.307 e. The first-order chi connectivity index (χ1) is 10.5. The van der Waals surface area contributed by atoms with Gasteiger partial charge in [-0.15, -0.1) is 24.0 Å². The second kappa shape index (κ2) is 12.3. The molecule has 0 saturated carbocycles. The quantitative estimate of drug-likeness (QED) is 0.218. The van der Waals surface area contributed by atoms with Crippen LogP contribution in [0.25, 0.3) is 0 Å². The van der Waals surface area contributed by atoms with Crippen LogP contribution in [0.15, 0.2) is 23.3 Å². The molecule has 1 aromatic rings. The minimum atomic E-state index is -0.217. The Morgan fingerprint density at radius 3 is 2.61 bits per heavy atom.